The summed E-state index contributed by atoms with van der Waals surface area (Å²) in [5.74, 6) is 0. The van der Waals surface area contributed by atoms with Gasteiger partial charge in [0.15, 0.2) is 11.0 Å². The van der Waals surface area contributed by atoms with Crippen LogP contribution in [0.4, 0.5) is 0 Å². The lowest BCUT2D eigenvalue weighted by Crippen LogP contribution is -1.98. The molecular weight excluding hydrogens is 140 g/mol. The van der Waals surface area contributed by atoms with Crippen LogP contribution in [0.15, 0.2) is 30.3 Å². The molecule has 0 saturated carbocycles. The maximum absolute atomic E-state index is 10.0. The molecule has 0 fully saturated rings. The Kier molecular flexibility index (Phi) is 2.16. The van der Waals surface area contributed by atoms with Gasteiger partial charge in [0.1, 0.15) is 0 Å². The summed E-state index contributed by atoms with van der Waals surface area (Å²) < 4.78 is 0. The molecule has 0 amide bonds. The minimum Gasteiger partial charge on any atom is -0.184 e. The molecule has 3 heteroatoms. The fourth-order valence-electron chi connectivity index (χ4n) is 0.734. The van der Waals surface area contributed by atoms with E-state index >= 15 is 0 Å². The van der Waals surface area contributed by atoms with E-state index < -0.39 is 0 Å². The molecule has 0 aliphatic heterocycles. The monoisotopic (exact) mass is 145 g/mol. The van der Waals surface area contributed by atoms with Crippen LogP contribution < -0.4 is 4.85 Å². The molecule has 52 valence electrons. The Bertz CT molecular complexity index is 331. The van der Waals surface area contributed by atoms with Gasteiger partial charge in [-0.1, -0.05) is 18.2 Å². The van der Waals surface area contributed by atoms with Crippen LogP contribution in [0.3, 0.4) is 0 Å². The van der Waals surface area contributed by atoms with Crippen LogP contribution in [0.25, 0.3) is 0 Å². The molecule has 11 heavy (non-hydrogen) atoms. The van der Waals surface area contributed by atoms with Gasteiger partial charge in [-0.2, -0.15) is 5.26 Å². The van der Waals surface area contributed by atoms with E-state index in [1.807, 2.05) is 6.07 Å². The summed E-state index contributed by atoms with van der Waals surface area (Å²) in [7, 11) is 0. The predicted octanol–water partition coefficient (Wildman–Crippen LogP) is 0.833. The van der Waals surface area contributed by atoms with E-state index in [0.717, 1.165) is 0 Å². The van der Waals surface area contributed by atoms with Crippen LogP contribution in [0.1, 0.15) is 5.56 Å². The van der Waals surface area contributed by atoms with Gasteiger partial charge in [0.05, 0.1) is 5.56 Å². The van der Waals surface area contributed by atoms with Crippen LogP contribution in [0.2, 0.25) is 0 Å². The van der Waals surface area contributed by atoms with Crippen molar-refractivity contribution in [1.82, 2.24) is 4.85 Å². The van der Waals surface area contributed by atoms with Crippen molar-refractivity contribution < 1.29 is 0 Å². The maximum atomic E-state index is 10.0. The summed E-state index contributed by atoms with van der Waals surface area (Å²) in [6, 6.07) is 10.3. The molecule has 0 heterocycles. The van der Waals surface area contributed by atoms with E-state index in [1.54, 1.807) is 30.3 Å². The quantitative estimate of drug-likeness (QED) is 0.434. The van der Waals surface area contributed by atoms with Gasteiger partial charge >= 0.3 is 5.71 Å². The number of hydrogen-bond acceptors (Lipinski definition) is 2. The Morgan fingerprint density at radius 1 is 1.36 bits per heavy atom. The van der Waals surface area contributed by atoms with Gasteiger partial charge in [0.2, 0.25) is 4.85 Å². The van der Waals surface area contributed by atoms with Crippen molar-refractivity contribution in [2.75, 3.05) is 0 Å². The van der Waals surface area contributed by atoms with Crippen LogP contribution in [-0.2, 0) is 0 Å². The Morgan fingerprint density at radius 3 is 2.45 bits per heavy atom. The van der Waals surface area contributed by atoms with Crippen molar-refractivity contribution >= 4 is 5.71 Å². The number of benzene rings is 1. The largest absolute Gasteiger partial charge is 0.479 e. The molecule has 0 bridgehead atoms. The van der Waals surface area contributed by atoms with Crippen molar-refractivity contribution in [2.24, 2.45) is 0 Å². The highest BCUT2D eigenvalue weighted by atomic mass is 16.2. The normalized spacial score (nSPS) is 7.91. The second-order valence-corrected chi connectivity index (χ2v) is 1.92. The van der Waals surface area contributed by atoms with Crippen molar-refractivity contribution in [1.29, 1.82) is 5.26 Å². The van der Waals surface area contributed by atoms with Crippen LogP contribution in [-0.4, -0.2) is 5.71 Å². The molecule has 0 saturated heterocycles. The summed E-state index contributed by atoms with van der Waals surface area (Å²) in [5, 5.41) is 8.40. The standard InChI is InChI=1S/C8H5N2O/c9-6-8(10-11)7-4-2-1-3-5-7/h1-5H/q+1. The SMILES string of the molecule is N#CC(=[N+]=O)c1ccccc1. The highest BCUT2D eigenvalue weighted by Gasteiger charge is 2.13. The zero-order valence-corrected chi connectivity index (χ0v) is 5.69. The molecule has 0 radical (unpaired) electrons. The van der Waals surface area contributed by atoms with E-state index in [0.29, 0.717) is 5.56 Å². The molecule has 1 rings (SSSR count). The Labute approximate surface area is 63.6 Å². The molecule has 1 aromatic carbocycles. The molecule has 0 atom stereocenters. The predicted molar refractivity (Wildman–Crippen MR) is 41.7 cm³/mol. The second kappa shape index (κ2) is 3.31. The number of nitrogens with zero attached hydrogens (tertiary/aromatic N) is 2. The molecule has 0 unspecified atom stereocenters. The van der Waals surface area contributed by atoms with Crippen molar-refractivity contribution in [3.8, 4) is 6.07 Å². The minimum absolute atomic E-state index is 0.0781. The second-order valence-electron chi connectivity index (χ2n) is 1.92. The number of nitriles is 1. The summed E-state index contributed by atoms with van der Waals surface area (Å²) in [6.07, 6.45) is 0. The average Bonchev–Trinajstić information content (AvgIpc) is 2.09. The van der Waals surface area contributed by atoms with E-state index in [-0.39, 0.29) is 5.71 Å². The summed E-state index contributed by atoms with van der Waals surface area (Å²) in [5.41, 5.74) is 0.482. The van der Waals surface area contributed by atoms with Crippen molar-refractivity contribution in [3.63, 3.8) is 0 Å². The summed E-state index contributed by atoms with van der Waals surface area (Å²) >= 11 is 0. The minimum atomic E-state index is -0.0781. The van der Waals surface area contributed by atoms with Crippen LogP contribution >= 0.6 is 0 Å². The molecule has 0 aliphatic carbocycles. The number of rotatable bonds is 1. The van der Waals surface area contributed by atoms with Crippen molar-refractivity contribution in [3.05, 3.63) is 40.8 Å². The lowest BCUT2D eigenvalue weighted by molar-refractivity contribution is 1.50. The lowest BCUT2D eigenvalue weighted by atomic mass is 10.1. The Morgan fingerprint density at radius 2 is 2.00 bits per heavy atom. The van der Waals surface area contributed by atoms with E-state index in [4.69, 9.17) is 5.26 Å². The number of hydrogen-bond donors (Lipinski definition) is 0. The molecular formula is C8H5N2O+. The van der Waals surface area contributed by atoms with Crippen LogP contribution in [0.5, 0.6) is 0 Å². The van der Waals surface area contributed by atoms with Gasteiger partial charge in [0.25, 0.3) is 0 Å². The first-order chi connectivity index (χ1) is 5.38. The third-order valence-corrected chi connectivity index (χ3v) is 1.24. The highest BCUT2D eigenvalue weighted by molar-refractivity contribution is 6.10. The molecule has 1 aromatic rings. The maximum Gasteiger partial charge on any atom is 0.479 e. The fraction of sp³-hybridized carbons (Fsp3) is 0. The van der Waals surface area contributed by atoms with Gasteiger partial charge in [-0.05, 0) is 12.1 Å². The smallest absolute Gasteiger partial charge is 0.184 e. The van der Waals surface area contributed by atoms with Gasteiger partial charge in [-0.3, -0.25) is 0 Å². The molecule has 0 spiro atoms. The topological polar surface area (TPSA) is 55.0 Å². The van der Waals surface area contributed by atoms with E-state index in [1.165, 1.54) is 0 Å². The van der Waals surface area contributed by atoms with Crippen molar-refractivity contribution in [2.45, 2.75) is 0 Å². The summed E-state index contributed by atoms with van der Waals surface area (Å²) in [6.45, 7) is 0. The third-order valence-electron chi connectivity index (χ3n) is 1.24. The van der Waals surface area contributed by atoms with Gasteiger partial charge in [-0.15, -0.1) is 0 Å². The molecule has 0 N–H and O–H groups in total. The van der Waals surface area contributed by atoms with Gasteiger partial charge in [-0.25, -0.2) is 0 Å². The zero-order chi connectivity index (χ0) is 8.10. The first kappa shape index (κ1) is 7.20. The molecule has 0 aromatic heterocycles. The molecule has 0 aliphatic rings. The Balaban J connectivity index is 3.15. The highest BCUT2D eigenvalue weighted by Crippen LogP contribution is 1.97. The first-order valence-electron chi connectivity index (χ1n) is 3.04. The first-order valence-corrected chi connectivity index (χ1v) is 3.04. The average molecular weight is 145 g/mol. The Hall–Kier alpha value is -1.91. The lowest BCUT2D eigenvalue weighted by Gasteiger charge is -1.81. The van der Waals surface area contributed by atoms with Gasteiger partial charge < -0.3 is 0 Å². The fourth-order valence-corrected chi connectivity index (χ4v) is 0.734. The van der Waals surface area contributed by atoms with Crippen LogP contribution in [0, 0.1) is 16.2 Å². The third kappa shape index (κ3) is 1.51. The number of nitroso groups, excluding NO2 is 1. The zero-order valence-electron chi connectivity index (χ0n) is 5.69. The van der Waals surface area contributed by atoms with E-state index in [2.05, 4.69) is 4.85 Å². The van der Waals surface area contributed by atoms with Gasteiger partial charge in [0, 0.05) is 0 Å². The summed E-state index contributed by atoms with van der Waals surface area (Å²) in [4.78, 5) is 12.6. The van der Waals surface area contributed by atoms with E-state index in [9.17, 15) is 4.91 Å². The molecule has 3 nitrogen and oxygen atoms in total.